The molecule has 1 aromatic heterocycles. The highest BCUT2D eigenvalue weighted by molar-refractivity contribution is 5.96. The lowest BCUT2D eigenvalue weighted by molar-refractivity contribution is -0.150. The maximum Gasteiger partial charge on any atom is 0.259 e. The Morgan fingerprint density at radius 1 is 1.44 bits per heavy atom. The highest BCUT2D eigenvalue weighted by atomic mass is 16.5. The zero-order chi connectivity index (χ0) is 18.6. The van der Waals surface area contributed by atoms with Gasteiger partial charge >= 0.3 is 0 Å². The van der Waals surface area contributed by atoms with Gasteiger partial charge in [-0.05, 0) is 12.8 Å². The molecule has 0 spiro atoms. The minimum atomic E-state index is -0.855. The van der Waals surface area contributed by atoms with Crippen LogP contribution in [0.4, 0.5) is 0 Å². The summed E-state index contributed by atoms with van der Waals surface area (Å²) in [4.78, 5) is 26.7. The fourth-order valence-electron chi connectivity index (χ4n) is 3.11. The van der Waals surface area contributed by atoms with Gasteiger partial charge in [0.25, 0.3) is 5.91 Å². The summed E-state index contributed by atoms with van der Waals surface area (Å²) in [7, 11) is 3.13. The Labute approximate surface area is 147 Å². The van der Waals surface area contributed by atoms with Gasteiger partial charge < -0.3 is 24.2 Å². The molecule has 2 heterocycles. The van der Waals surface area contributed by atoms with Gasteiger partial charge in [-0.1, -0.05) is 19.0 Å². The Bertz CT molecular complexity index is 624. The van der Waals surface area contributed by atoms with Crippen molar-refractivity contribution in [1.29, 1.82) is 0 Å². The van der Waals surface area contributed by atoms with E-state index >= 15 is 0 Å². The second-order valence-corrected chi connectivity index (χ2v) is 6.69. The standard InChI is InChI=1S/C17H27N3O5/c1-11(2)15-14(12(3)25-19-15)16(22)20-6-7-24-17(9-20,10-23-5)8-13(21)18-4/h11H,6-10H2,1-5H3,(H,18,21)/t17-/m1/s1. The molecule has 0 saturated carbocycles. The molecule has 0 radical (unpaired) electrons. The number of nitrogens with one attached hydrogen (secondary N) is 1. The van der Waals surface area contributed by atoms with Gasteiger partial charge in [0.15, 0.2) is 0 Å². The third-order valence-corrected chi connectivity index (χ3v) is 4.35. The predicted octanol–water partition coefficient (Wildman–Crippen LogP) is 1.10. The highest BCUT2D eigenvalue weighted by Gasteiger charge is 2.41. The molecule has 1 atom stereocenters. The van der Waals surface area contributed by atoms with Crippen LogP contribution in [0.1, 0.15) is 48.0 Å². The van der Waals surface area contributed by atoms with Gasteiger partial charge in [0, 0.05) is 20.7 Å². The van der Waals surface area contributed by atoms with E-state index in [-0.39, 0.29) is 37.3 Å². The first-order chi connectivity index (χ1) is 11.8. The van der Waals surface area contributed by atoms with Crippen molar-refractivity contribution in [3.63, 3.8) is 0 Å². The van der Waals surface area contributed by atoms with E-state index in [4.69, 9.17) is 14.0 Å². The summed E-state index contributed by atoms with van der Waals surface area (Å²) >= 11 is 0. The lowest BCUT2D eigenvalue weighted by Gasteiger charge is -2.42. The van der Waals surface area contributed by atoms with Gasteiger partial charge in [-0.3, -0.25) is 9.59 Å². The van der Waals surface area contributed by atoms with E-state index in [1.165, 1.54) is 0 Å². The van der Waals surface area contributed by atoms with Crippen LogP contribution < -0.4 is 5.32 Å². The number of methoxy groups -OCH3 is 1. The molecule has 8 nitrogen and oxygen atoms in total. The molecule has 140 valence electrons. The second kappa shape index (κ2) is 7.97. The number of ether oxygens (including phenoxy) is 2. The van der Waals surface area contributed by atoms with Crippen LogP contribution in [-0.4, -0.2) is 67.9 Å². The van der Waals surface area contributed by atoms with Crippen LogP contribution in [0.5, 0.6) is 0 Å². The third kappa shape index (κ3) is 4.19. The van der Waals surface area contributed by atoms with Crippen molar-refractivity contribution < 1.29 is 23.6 Å². The Morgan fingerprint density at radius 2 is 2.16 bits per heavy atom. The molecule has 1 N–H and O–H groups in total. The Hall–Kier alpha value is -1.93. The van der Waals surface area contributed by atoms with Crippen LogP contribution in [0.25, 0.3) is 0 Å². The summed E-state index contributed by atoms with van der Waals surface area (Å²) < 4.78 is 16.4. The van der Waals surface area contributed by atoms with Gasteiger partial charge in [0.2, 0.25) is 5.91 Å². The number of morpholine rings is 1. The normalized spacial score (nSPS) is 20.8. The molecule has 25 heavy (non-hydrogen) atoms. The minimum Gasteiger partial charge on any atom is -0.382 e. The van der Waals surface area contributed by atoms with Crippen LogP contribution in [0.2, 0.25) is 0 Å². The monoisotopic (exact) mass is 353 g/mol. The summed E-state index contributed by atoms with van der Waals surface area (Å²) in [6, 6.07) is 0. The topological polar surface area (TPSA) is 93.9 Å². The van der Waals surface area contributed by atoms with E-state index in [0.29, 0.717) is 30.2 Å². The number of hydrogen-bond donors (Lipinski definition) is 1. The summed E-state index contributed by atoms with van der Waals surface area (Å²) in [5.74, 6) is 0.273. The van der Waals surface area contributed by atoms with E-state index in [1.807, 2.05) is 13.8 Å². The average molecular weight is 353 g/mol. The van der Waals surface area contributed by atoms with Gasteiger partial charge in [-0.15, -0.1) is 0 Å². The molecule has 0 aromatic carbocycles. The largest absolute Gasteiger partial charge is 0.382 e. The lowest BCUT2D eigenvalue weighted by atomic mass is 9.96. The molecule has 2 rings (SSSR count). The fraction of sp³-hybridized carbons (Fsp3) is 0.706. The number of nitrogens with zero attached hydrogens (tertiary/aromatic N) is 2. The SMILES string of the molecule is CNC(=O)C[C@]1(COC)CN(C(=O)c2c(C(C)C)noc2C)CCO1. The van der Waals surface area contributed by atoms with Crippen LogP contribution in [0, 0.1) is 6.92 Å². The fourth-order valence-corrected chi connectivity index (χ4v) is 3.11. The Morgan fingerprint density at radius 3 is 2.76 bits per heavy atom. The molecule has 1 aromatic rings. The third-order valence-electron chi connectivity index (χ3n) is 4.35. The first-order valence-corrected chi connectivity index (χ1v) is 8.42. The van der Waals surface area contributed by atoms with Crippen molar-refractivity contribution >= 4 is 11.8 Å². The van der Waals surface area contributed by atoms with Crippen molar-refractivity contribution in [2.45, 2.75) is 38.7 Å². The first kappa shape index (κ1) is 19.4. The molecular formula is C17H27N3O5. The molecule has 1 saturated heterocycles. The van der Waals surface area contributed by atoms with Crippen LogP contribution in [-0.2, 0) is 14.3 Å². The highest BCUT2D eigenvalue weighted by Crippen LogP contribution is 2.27. The molecule has 8 heteroatoms. The number of amides is 2. The number of aryl methyl sites for hydroxylation is 1. The van der Waals surface area contributed by atoms with Crippen molar-refractivity contribution in [1.82, 2.24) is 15.4 Å². The minimum absolute atomic E-state index is 0.0760. The Balaban J connectivity index is 2.26. The number of carbonyl (C=O) groups excluding carboxylic acids is 2. The van der Waals surface area contributed by atoms with Gasteiger partial charge in [-0.25, -0.2) is 0 Å². The number of rotatable bonds is 6. The van der Waals surface area contributed by atoms with E-state index in [1.54, 1.807) is 26.0 Å². The average Bonchev–Trinajstić information content (AvgIpc) is 2.96. The molecule has 1 aliphatic rings. The first-order valence-electron chi connectivity index (χ1n) is 8.42. The molecule has 0 unspecified atom stereocenters. The summed E-state index contributed by atoms with van der Waals surface area (Å²) in [5, 5.41) is 6.62. The van der Waals surface area contributed by atoms with E-state index in [2.05, 4.69) is 10.5 Å². The number of aromatic nitrogens is 1. The molecule has 2 amide bonds. The summed E-state index contributed by atoms with van der Waals surface area (Å²) in [5.41, 5.74) is 0.298. The van der Waals surface area contributed by atoms with Gasteiger partial charge in [-0.2, -0.15) is 0 Å². The number of carbonyl (C=O) groups is 2. The predicted molar refractivity (Wildman–Crippen MR) is 90.5 cm³/mol. The van der Waals surface area contributed by atoms with Crippen molar-refractivity contribution in [2.75, 3.05) is 40.5 Å². The quantitative estimate of drug-likeness (QED) is 0.823. The zero-order valence-corrected chi connectivity index (χ0v) is 15.5. The van der Waals surface area contributed by atoms with E-state index < -0.39 is 5.60 Å². The van der Waals surface area contributed by atoms with Crippen LogP contribution >= 0.6 is 0 Å². The second-order valence-electron chi connectivity index (χ2n) is 6.69. The number of hydrogen-bond acceptors (Lipinski definition) is 6. The van der Waals surface area contributed by atoms with Crippen LogP contribution in [0.15, 0.2) is 4.52 Å². The van der Waals surface area contributed by atoms with Crippen molar-refractivity contribution in [3.8, 4) is 0 Å². The molecule has 0 bridgehead atoms. The van der Waals surface area contributed by atoms with Crippen molar-refractivity contribution in [2.24, 2.45) is 0 Å². The summed E-state index contributed by atoms with van der Waals surface area (Å²) in [6.07, 6.45) is 0.126. The van der Waals surface area contributed by atoms with Gasteiger partial charge in [0.05, 0.1) is 31.9 Å². The molecule has 1 fully saturated rings. The molecule has 1 aliphatic heterocycles. The van der Waals surface area contributed by atoms with E-state index in [0.717, 1.165) is 0 Å². The van der Waals surface area contributed by atoms with Crippen molar-refractivity contribution in [3.05, 3.63) is 17.0 Å². The smallest absolute Gasteiger partial charge is 0.259 e. The van der Waals surface area contributed by atoms with Crippen LogP contribution in [0.3, 0.4) is 0 Å². The lowest BCUT2D eigenvalue weighted by Crippen LogP contribution is -2.57. The maximum absolute atomic E-state index is 13.1. The zero-order valence-electron chi connectivity index (χ0n) is 15.5. The Kier molecular flexibility index (Phi) is 6.18. The van der Waals surface area contributed by atoms with Gasteiger partial charge in [0.1, 0.15) is 16.9 Å². The van der Waals surface area contributed by atoms with E-state index in [9.17, 15) is 9.59 Å². The maximum atomic E-state index is 13.1. The summed E-state index contributed by atoms with van der Waals surface area (Å²) in [6.45, 7) is 6.95. The molecular weight excluding hydrogens is 326 g/mol. The molecule has 0 aliphatic carbocycles.